The quantitative estimate of drug-likeness (QED) is 0.450. The average Bonchev–Trinajstić information content (AvgIpc) is 2.68. The van der Waals surface area contributed by atoms with E-state index < -0.39 is 48.0 Å². The Morgan fingerprint density at radius 2 is 1.61 bits per heavy atom. The molecule has 2 amide bonds. The van der Waals surface area contributed by atoms with Crippen molar-refractivity contribution in [3.05, 3.63) is 35.9 Å². The maximum absolute atomic E-state index is 12.8. The van der Waals surface area contributed by atoms with Crippen LogP contribution in [-0.2, 0) is 35.2 Å². The summed E-state index contributed by atoms with van der Waals surface area (Å²) in [5.41, 5.74) is 0.0538. The van der Waals surface area contributed by atoms with Crippen LogP contribution in [0.15, 0.2) is 30.3 Å². The number of benzene rings is 1. The third-order valence-corrected chi connectivity index (χ3v) is 4.03. The highest BCUT2D eigenvalue weighted by Crippen LogP contribution is 2.11. The Labute approximate surface area is 182 Å². The Morgan fingerprint density at radius 3 is 2.13 bits per heavy atom. The van der Waals surface area contributed by atoms with Crippen molar-refractivity contribution in [2.75, 3.05) is 7.11 Å². The number of rotatable bonds is 9. The van der Waals surface area contributed by atoms with Gasteiger partial charge in [0, 0.05) is 0 Å². The van der Waals surface area contributed by atoms with Crippen molar-refractivity contribution in [1.29, 1.82) is 0 Å². The first-order valence-electron chi connectivity index (χ1n) is 10.00. The molecule has 0 saturated carbocycles. The fourth-order valence-electron chi connectivity index (χ4n) is 2.57. The van der Waals surface area contributed by atoms with E-state index in [4.69, 9.17) is 9.47 Å². The molecule has 0 aliphatic rings. The van der Waals surface area contributed by atoms with Crippen molar-refractivity contribution in [2.45, 2.75) is 65.3 Å². The van der Waals surface area contributed by atoms with Gasteiger partial charge in [-0.1, -0.05) is 44.2 Å². The summed E-state index contributed by atoms with van der Waals surface area (Å²) in [6.45, 7) is 8.57. The minimum absolute atomic E-state index is 0.0442. The molecule has 0 aromatic heterocycles. The van der Waals surface area contributed by atoms with Gasteiger partial charge in [0.25, 0.3) is 0 Å². The first-order chi connectivity index (χ1) is 14.4. The molecular formula is C22H32N2O7. The van der Waals surface area contributed by atoms with Crippen molar-refractivity contribution < 1.29 is 33.4 Å². The molecule has 2 N–H and O–H groups in total. The third-order valence-electron chi connectivity index (χ3n) is 4.03. The van der Waals surface area contributed by atoms with E-state index in [-0.39, 0.29) is 12.5 Å². The zero-order chi connectivity index (χ0) is 23.6. The number of esters is 2. The third kappa shape index (κ3) is 9.97. The summed E-state index contributed by atoms with van der Waals surface area (Å²) >= 11 is 0. The lowest BCUT2D eigenvalue weighted by atomic mass is 10.0. The topological polar surface area (TPSA) is 120 Å². The highest BCUT2D eigenvalue weighted by Gasteiger charge is 2.32. The molecule has 1 rings (SSSR count). The largest absolute Gasteiger partial charge is 0.467 e. The van der Waals surface area contributed by atoms with E-state index in [0.717, 1.165) is 12.7 Å². The number of nitrogens with one attached hydrogen (secondary N) is 2. The summed E-state index contributed by atoms with van der Waals surface area (Å²) in [5.74, 6) is -2.43. The lowest BCUT2D eigenvalue weighted by molar-refractivity contribution is -0.159. The smallest absolute Gasteiger partial charge is 0.408 e. The van der Waals surface area contributed by atoms with Gasteiger partial charge in [0.1, 0.15) is 24.3 Å². The summed E-state index contributed by atoms with van der Waals surface area (Å²) in [4.78, 5) is 49.1. The minimum Gasteiger partial charge on any atom is -0.467 e. The second-order valence-electron chi connectivity index (χ2n) is 8.30. The normalized spacial score (nSPS) is 13.0. The van der Waals surface area contributed by atoms with Gasteiger partial charge in [-0.2, -0.15) is 0 Å². The zero-order valence-electron chi connectivity index (χ0n) is 18.9. The van der Waals surface area contributed by atoms with Crippen LogP contribution < -0.4 is 10.6 Å². The van der Waals surface area contributed by atoms with E-state index in [1.54, 1.807) is 46.8 Å². The maximum atomic E-state index is 12.8. The molecule has 0 spiro atoms. The Hall–Kier alpha value is -3.10. The van der Waals surface area contributed by atoms with Crippen LogP contribution in [0.25, 0.3) is 0 Å². The number of hydrogen-bond acceptors (Lipinski definition) is 7. The summed E-state index contributed by atoms with van der Waals surface area (Å²) in [7, 11) is 1.15. The van der Waals surface area contributed by atoms with Crippen molar-refractivity contribution in [3.8, 4) is 0 Å². The Bertz CT molecular complexity index is 757. The number of amides is 2. The fraction of sp³-hybridized carbons (Fsp3) is 0.545. The van der Waals surface area contributed by atoms with Crippen molar-refractivity contribution in [1.82, 2.24) is 10.6 Å². The van der Waals surface area contributed by atoms with E-state index in [1.165, 1.54) is 0 Å². The van der Waals surface area contributed by atoms with Crippen LogP contribution in [0.4, 0.5) is 4.79 Å². The molecule has 0 fully saturated rings. The second kappa shape index (κ2) is 11.9. The number of alkyl carbamates (subject to hydrolysis) is 1. The van der Waals surface area contributed by atoms with Gasteiger partial charge >= 0.3 is 18.0 Å². The predicted octanol–water partition coefficient (Wildman–Crippen LogP) is 2.33. The van der Waals surface area contributed by atoms with Crippen LogP contribution in [0.2, 0.25) is 0 Å². The number of methoxy groups -OCH3 is 1. The van der Waals surface area contributed by atoms with E-state index in [0.29, 0.717) is 0 Å². The van der Waals surface area contributed by atoms with Crippen LogP contribution in [0, 0.1) is 5.92 Å². The van der Waals surface area contributed by atoms with E-state index >= 15 is 0 Å². The molecule has 2 atom stereocenters. The molecule has 0 aliphatic heterocycles. The molecule has 172 valence electrons. The van der Waals surface area contributed by atoms with Gasteiger partial charge in [-0.15, -0.1) is 0 Å². The van der Waals surface area contributed by atoms with Gasteiger partial charge in [-0.25, -0.2) is 9.59 Å². The number of carbonyl (C=O) groups excluding carboxylic acids is 4. The van der Waals surface area contributed by atoms with Crippen LogP contribution >= 0.6 is 0 Å². The lowest BCUT2D eigenvalue weighted by Crippen LogP contribution is -2.54. The summed E-state index contributed by atoms with van der Waals surface area (Å²) < 4.78 is 15.0. The molecule has 0 heterocycles. The van der Waals surface area contributed by atoms with Gasteiger partial charge in [-0.05, 0) is 32.3 Å². The zero-order valence-corrected chi connectivity index (χ0v) is 18.9. The van der Waals surface area contributed by atoms with Crippen LogP contribution in [0.3, 0.4) is 0 Å². The number of ether oxygens (including phenoxy) is 3. The molecule has 0 saturated heterocycles. The molecule has 0 radical (unpaired) electrons. The monoisotopic (exact) mass is 436 g/mol. The first-order valence-corrected chi connectivity index (χ1v) is 10.00. The van der Waals surface area contributed by atoms with Gasteiger partial charge in [0.05, 0.1) is 13.5 Å². The second-order valence-corrected chi connectivity index (χ2v) is 8.30. The van der Waals surface area contributed by atoms with Gasteiger partial charge in [0.2, 0.25) is 5.91 Å². The molecule has 31 heavy (non-hydrogen) atoms. The SMILES string of the molecule is COC(=O)[C@H](CC(=O)OC(C)(C)C)NC(=O)[C@@H](NC(=O)OCc1ccccc1)C(C)C. The summed E-state index contributed by atoms with van der Waals surface area (Å²) in [6, 6.07) is 6.84. The summed E-state index contributed by atoms with van der Waals surface area (Å²) in [6.07, 6.45) is -1.18. The number of carbonyl (C=O) groups is 4. The Morgan fingerprint density at radius 1 is 1.00 bits per heavy atom. The standard InChI is InChI=1S/C22H32N2O7/c1-14(2)18(24-21(28)30-13-15-10-8-7-9-11-15)19(26)23-16(20(27)29-6)12-17(25)31-22(3,4)5/h7-11,14,16,18H,12-13H2,1-6H3,(H,23,26)(H,24,28)/t16-,18-/m0/s1. The van der Waals surface area contributed by atoms with Crippen molar-refractivity contribution in [3.63, 3.8) is 0 Å². The van der Waals surface area contributed by atoms with Gasteiger partial charge < -0.3 is 24.8 Å². The van der Waals surface area contributed by atoms with Crippen LogP contribution in [-0.4, -0.2) is 48.7 Å². The highest BCUT2D eigenvalue weighted by atomic mass is 16.6. The van der Waals surface area contributed by atoms with E-state index in [9.17, 15) is 19.2 Å². The van der Waals surface area contributed by atoms with Gasteiger partial charge in [-0.3, -0.25) is 9.59 Å². The van der Waals surface area contributed by atoms with Gasteiger partial charge in [0.15, 0.2) is 0 Å². The molecule has 9 heteroatoms. The molecule has 0 unspecified atom stereocenters. The molecule has 0 bridgehead atoms. The predicted molar refractivity (Wildman–Crippen MR) is 113 cm³/mol. The fourth-order valence-corrected chi connectivity index (χ4v) is 2.57. The molecule has 1 aromatic carbocycles. The Balaban J connectivity index is 2.76. The average molecular weight is 437 g/mol. The maximum Gasteiger partial charge on any atom is 0.408 e. The molecule has 1 aromatic rings. The van der Waals surface area contributed by atoms with Crippen LogP contribution in [0.1, 0.15) is 46.6 Å². The Kier molecular flexibility index (Phi) is 9.98. The minimum atomic E-state index is -1.25. The molecule has 9 nitrogen and oxygen atoms in total. The molecular weight excluding hydrogens is 404 g/mol. The van der Waals surface area contributed by atoms with E-state index in [2.05, 4.69) is 15.4 Å². The number of hydrogen-bond donors (Lipinski definition) is 2. The van der Waals surface area contributed by atoms with E-state index in [1.807, 2.05) is 18.2 Å². The van der Waals surface area contributed by atoms with Crippen molar-refractivity contribution >= 4 is 23.9 Å². The highest BCUT2D eigenvalue weighted by molar-refractivity contribution is 5.91. The molecule has 0 aliphatic carbocycles. The summed E-state index contributed by atoms with van der Waals surface area (Å²) in [5, 5.41) is 4.96. The van der Waals surface area contributed by atoms with Crippen LogP contribution in [0.5, 0.6) is 0 Å². The first kappa shape index (κ1) is 25.9. The van der Waals surface area contributed by atoms with Crippen molar-refractivity contribution in [2.24, 2.45) is 5.92 Å². The lowest BCUT2D eigenvalue weighted by Gasteiger charge is -2.25.